The van der Waals surface area contributed by atoms with Gasteiger partial charge in [0.2, 0.25) is 0 Å². The van der Waals surface area contributed by atoms with Crippen LogP contribution in [0.25, 0.3) is 0 Å². The molecule has 1 amide bonds. The number of nitriles is 1. The maximum atomic E-state index is 10.7. The number of benzene rings is 2. The second-order valence-corrected chi connectivity index (χ2v) is 9.29. The summed E-state index contributed by atoms with van der Waals surface area (Å²) in [7, 11) is 0. The molecule has 0 radical (unpaired) electrons. The maximum Gasteiger partial charge on any atom is 0.404 e. The number of rotatable bonds is 7. The SMILES string of the molecule is N#Cc1ccc(Oc2ccc(C3(c4ccc(OC5CC(NC(=O)O)C5)cc4)CCCC3)cc2)cn1. The molecule has 2 N–H and O–H groups in total. The van der Waals surface area contributed by atoms with Crippen molar-refractivity contribution in [1.82, 2.24) is 10.3 Å². The van der Waals surface area contributed by atoms with Crippen molar-refractivity contribution in [2.75, 3.05) is 0 Å². The molecule has 1 aromatic heterocycles. The topological polar surface area (TPSA) is 104 Å². The molecule has 0 bridgehead atoms. The predicted octanol–water partition coefficient (Wildman–Crippen LogP) is 5.78. The first-order chi connectivity index (χ1) is 17.0. The zero-order chi connectivity index (χ0) is 24.3. The van der Waals surface area contributed by atoms with Crippen LogP contribution in [0.2, 0.25) is 0 Å². The molecular formula is C28H27N3O4. The first-order valence-electron chi connectivity index (χ1n) is 12.0. The van der Waals surface area contributed by atoms with Crippen LogP contribution >= 0.6 is 0 Å². The molecule has 2 aliphatic rings. The van der Waals surface area contributed by atoms with E-state index in [2.05, 4.69) is 34.6 Å². The van der Waals surface area contributed by atoms with Crippen molar-refractivity contribution in [3.05, 3.63) is 83.7 Å². The highest BCUT2D eigenvalue weighted by Gasteiger charge is 2.37. The van der Waals surface area contributed by atoms with E-state index in [4.69, 9.17) is 19.8 Å². The highest BCUT2D eigenvalue weighted by atomic mass is 16.5. The molecule has 35 heavy (non-hydrogen) atoms. The number of ether oxygens (including phenoxy) is 2. The molecule has 7 heteroatoms. The van der Waals surface area contributed by atoms with Crippen LogP contribution in [0, 0.1) is 11.3 Å². The van der Waals surface area contributed by atoms with E-state index < -0.39 is 6.09 Å². The van der Waals surface area contributed by atoms with Gasteiger partial charge in [0, 0.05) is 24.3 Å². The molecule has 1 heterocycles. The Balaban J connectivity index is 1.27. The van der Waals surface area contributed by atoms with Crippen molar-refractivity contribution in [3.63, 3.8) is 0 Å². The molecule has 5 rings (SSSR count). The van der Waals surface area contributed by atoms with E-state index in [1.165, 1.54) is 24.0 Å². The largest absolute Gasteiger partial charge is 0.490 e. The number of nitrogens with one attached hydrogen (secondary N) is 1. The monoisotopic (exact) mass is 469 g/mol. The van der Waals surface area contributed by atoms with Crippen LogP contribution in [0.15, 0.2) is 66.9 Å². The van der Waals surface area contributed by atoms with Gasteiger partial charge in [0.05, 0.1) is 6.20 Å². The van der Waals surface area contributed by atoms with E-state index in [1.54, 1.807) is 18.3 Å². The fourth-order valence-corrected chi connectivity index (χ4v) is 5.21. The van der Waals surface area contributed by atoms with E-state index in [1.807, 2.05) is 30.3 Å². The van der Waals surface area contributed by atoms with E-state index in [9.17, 15) is 4.79 Å². The molecule has 0 atom stereocenters. The van der Waals surface area contributed by atoms with Gasteiger partial charge >= 0.3 is 6.09 Å². The van der Waals surface area contributed by atoms with Crippen LogP contribution in [0.1, 0.15) is 55.3 Å². The van der Waals surface area contributed by atoms with E-state index in [-0.39, 0.29) is 17.6 Å². The van der Waals surface area contributed by atoms with E-state index >= 15 is 0 Å². The Hall–Kier alpha value is -4.05. The number of aromatic nitrogens is 1. The number of hydrogen-bond donors (Lipinski definition) is 2. The van der Waals surface area contributed by atoms with Gasteiger partial charge < -0.3 is 19.9 Å². The van der Waals surface area contributed by atoms with Crippen molar-refractivity contribution in [1.29, 1.82) is 5.26 Å². The van der Waals surface area contributed by atoms with Crippen LogP contribution in [0.5, 0.6) is 17.2 Å². The molecular weight excluding hydrogens is 442 g/mol. The van der Waals surface area contributed by atoms with Gasteiger partial charge in [-0.25, -0.2) is 9.78 Å². The van der Waals surface area contributed by atoms with Crippen molar-refractivity contribution in [3.8, 4) is 23.3 Å². The van der Waals surface area contributed by atoms with Gasteiger partial charge in [-0.3, -0.25) is 0 Å². The molecule has 0 aliphatic heterocycles. The zero-order valence-electron chi connectivity index (χ0n) is 19.3. The highest BCUT2D eigenvalue weighted by molar-refractivity contribution is 5.65. The second-order valence-electron chi connectivity index (χ2n) is 9.29. The third kappa shape index (κ3) is 4.92. The van der Waals surface area contributed by atoms with Gasteiger partial charge in [0.15, 0.2) is 0 Å². The molecule has 0 spiro atoms. The van der Waals surface area contributed by atoms with Gasteiger partial charge in [0.25, 0.3) is 0 Å². The van der Waals surface area contributed by atoms with Crippen LogP contribution in [-0.2, 0) is 5.41 Å². The Morgan fingerprint density at radius 1 is 0.943 bits per heavy atom. The van der Waals surface area contributed by atoms with Gasteiger partial charge in [-0.05, 0) is 60.4 Å². The number of carbonyl (C=O) groups is 1. The summed E-state index contributed by atoms with van der Waals surface area (Å²) < 4.78 is 11.9. The van der Waals surface area contributed by atoms with Crippen molar-refractivity contribution in [2.24, 2.45) is 0 Å². The van der Waals surface area contributed by atoms with Crippen molar-refractivity contribution in [2.45, 2.75) is 56.1 Å². The number of hydrogen-bond acceptors (Lipinski definition) is 5. The number of amides is 1. The van der Waals surface area contributed by atoms with Crippen molar-refractivity contribution < 1.29 is 19.4 Å². The van der Waals surface area contributed by atoms with E-state index in [0.29, 0.717) is 24.3 Å². The fraction of sp³-hybridized carbons (Fsp3) is 0.321. The first kappa shape index (κ1) is 22.7. The average Bonchev–Trinajstić information content (AvgIpc) is 3.35. The molecule has 2 aliphatic carbocycles. The molecule has 2 saturated carbocycles. The van der Waals surface area contributed by atoms with Gasteiger partial charge in [-0.15, -0.1) is 0 Å². The van der Waals surface area contributed by atoms with Crippen LogP contribution in [0.4, 0.5) is 4.79 Å². The maximum absolute atomic E-state index is 10.7. The Morgan fingerprint density at radius 2 is 1.54 bits per heavy atom. The van der Waals surface area contributed by atoms with Crippen LogP contribution in [0.3, 0.4) is 0 Å². The summed E-state index contributed by atoms with van der Waals surface area (Å²) in [6, 6.07) is 22.0. The minimum atomic E-state index is -0.981. The molecule has 2 fully saturated rings. The third-order valence-corrected chi connectivity index (χ3v) is 7.08. The minimum absolute atomic E-state index is 0.0151. The van der Waals surface area contributed by atoms with Gasteiger partial charge in [0.1, 0.15) is 35.1 Å². The summed E-state index contributed by atoms with van der Waals surface area (Å²) in [6.45, 7) is 0. The standard InChI is InChI=1S/C28H27N3O4/c29-17-21-7-12-25(18-30-21)34-23-8-3-19(4-9-23)28(13-1-2-14-28)20-5-10-24(11-6-20)35-26-15-22(16-26)31-27(32)33/h3-12,18,22,26,31H,1-2,13-16H2,(H,32,33). The smallest absolute Gasteiger partial charge is 0.404 e. The molecule has 178 valence electrons. The average molecular weight is 470 g/mol. The minimum Gasteiger partial charge on any atom is -0.490 e. The normalized spacial score (nSPS) is 20.3. The lowest BCUT2D eigenvalue weighted by molar-refractivity contribution is 0.0833. The summed E-state index contributed by atoms with van der Waals surface area (Å²) in [4.78, 5) is 14.8. The Labute approximate surface area is 204 Å². The third-order valence-electron chi connectivity index (χ3n) is 7.08. The summed E-state index contributed by atoms with van der Waals surface area (Å²) >= 11 is 0. The summed E-state index contributed by atoms with van der Waals surface area (Å²) in [5, 5.41) is 20.2. The fourth-order valence-electron chi connectivity index (χ4n) is 5.21. The molecule has 0 unspecified atom stereocenters. The lowest BCUT2D eigenvalue weighted by Gasteiger charge is -2.35. The lowest BCUT2D eigenvalue weighted by atomic mass is 9.73. The van der Waals surface area contributed by atoms with Crippen LogP contribution < -0.4 is 14.8 Å². The Kier molecular flexibility index (Phi) is 6.28. The molecule has 0 saturated heterocycles. The molecule has 7 nitrogen and oxygen atoms in total. The number of nitrogens with zero attached hydrogens (tertiary/aromatic N) is 2. The van der Waals surface area contributed by atoms with Crippen LogP contribution in [-0.4, -0.2) is 28.3 Å². The summed E-state index contributed by atoms with van der Waals surface area (Å²) in [5.74, 6) is 2.15. The second kappa shape index (κ2) is 9.67. The first-order valence-corrected chi connectivity index (χ1v) is 12.0. The predicted molar refractivity (Wildman–Crippen MR) is 130 cm³/mol. The zero-order valence-corrected chi connectivity index (χ0v) is 19.3. The Bertz CT molecular complexity index is 1210. The molecule has 2 aromatic carbocycles. The van der Waals surface area contributed by atoms with Gasteiger partial charge in [-0.1, -0.05) is 37.1 Å². The highest BCUT2D eigenvalue weighted by Crippen LogP contribution is 2.47. The Morgan fingerprint density at radius 3 is 2.09 bits per heavy atom. The number of pyridine rings is 1. The number of carboxylic acid groups (broad SMARTS) is 1. The van der Waals surface area contributed by atoms with Crippen molar-refractivity contribution >= 4 is 6.09 Å². The quantitative estimate of drug-likeness (QED) is 0.454. The van der Waals surface area contributed by atoms with Gasteiger partial charge in [-0.2, -0.15) is 5.26 Å². The summed E-state index contributed by atoms with van der Waals surface area (Å²) in [5.41, 5.74) is 2.89. The molecule has 3 aromatic rings. The van der Waals surface area contributed by atoms with E-state index in [0.717, 1.165) is 24.3 Å². The lowest BCUT2D eigenvalue weighted by Crippen LogP contribution is -2.48. The summed E-state index contributed by atoms with van der Waals surface area (Å²) in [6.07, 6.45) is 6.59.